The maximum Gasteiger partial charge on any atom is 0.321 e. The quantitative estimate of drug-likeness (QED) is 0.673. The molecule has 170 valence electrons. The van der Waals surface area contributed by atoms with E-state index in [2.05, 4.69) is 21.6 Å². The normalized spacial score (nSPS) is 18.3. The van der Waals surface area contributed by atoms with Gasteiger partial charge in [0.1, 0.15) is 0 Å². The molecule has 4 rings (SSSR count). The molecule has 7 heteroatoms. The lowest BCUT2D eigenvalue weighted by molar-refractivity contribution is -0.126. The predicted octanol–water partition coefficient (Wildman–Crippen LogP) is 4.54. The first kappa shape index (κ1) is 22.6. The zero-order valence-corrected chi connectivity index (χ0v) is 19.1. The Morgan fingerprint density at radius 1 is 0.938 bits per heavy atom. The van der Waals surface area contributed by atoms with Crippen LogP contribution in [0.15, 0.2) is 54.6 Å². The number of hydrogen-bond donors (Lipinski definition) is 2. The van der Waals surface area contributed by atoms with Gasteiger partial charge in [0.2, 0.25) is 5.91 Å². The summed E-state index contributed by atoms with van der Waals surface area (Å²) in [5.74, 6) is 0.00520. The summed E-state index contributed by atoms with van der Waals surface area (Å²) in [5.41, 5.74) is 1.86. The van der Waals surface area contributed by atoms with Crippen molar-refractivity contribution in [2.75, 3.05) is 38.0 Å². The third kappa shape index (κ3) is 5.61. The van der Waals surface area contributed by atoms with E-state index in [-0.39, 0.29) is 23.9 Å². The summed E-state index contributed by atoms with van der Waals surface area (Å²) in [6.45, 7) is 3.77. The monoisotopic (exact) mass is 454 g/mol. The average molecular weight is 455 g/mol. The van der Waals surface area contributed by atoms with Gasteiger partial charge < -0.3 is 15.5 Å². The molecular formula is C25H31ClN4O2. The fraction of sp³-hybridized carbons (Fsp3) is 0.440. The van der Waals surface area contributed by atoms with Gasteiger partial charge in [-0.1, -0.05) is 48.0 Å². The van der Waals surface area contributed by atoms with Gasteiger partial charge in [-0.15, -0.1) is 0 Å². The minimum absolute atomic E-state index is 0.0683. The van der Waals surface area contributed by atoms with Crippen LogP contribution in [-0.2, 0) is 4.79 Å². The van der Waals surface area contributed by atoms with Crippen molar-refractivity contribution in [1.29, 1.82) is 0 Å². The van der Waals surface area contributed by atoms with Crippen LogP contribution in [0, 0.1) is 5.92 Å². The molecule has 2 aliphatic rings. The fourth-order valence-corrected chi connectivity index (χ4v) is 4.91. The summed E-state index contributed by atoms with van der Waals surface area (Å²) < 4.78 is 0. The Morgan fingerprint density at radius 2 is 1.59 bits per heavy atom. The smallest absolute Gasteiger partial charge is 0.321 e. The number of halogens is 1. The van der Waals surface area contributed by atoms with Gasteiger partial charge in [0.05, 0.1) is 6.04 Å². The minimum atomic E-state index is -0.108. The summed E-state index contributed by atoms with van der Waals surface area (Å²) in [4.78, 5) is 29.6. The molecule has 2 fully saturated rings. The maximum atomic E-state index is 12.9. The van der Waals surface area contributed by atoms with Crippen molar-refractivity contribution in [2.24, 2.45) is 5.92 Å². The number of anilines is 1. The zero-order valence-electron chi connectivity index (χ0n) is 18.3. The molecule has 0 saturated carbocycles. The second-order valence-electron chi connectivity index (χ2n) is 8.58. The summed E-state index contributed by atoms with van der Waals surface area (Å²) in [6.07, 6.45) is 3.71. The van der Waals surface area contributed by atoms with Gasteiger partial charge in [0, 0.05) is 36.3 Å². The molecule has 6 nitrogen and oxygen atoms in total. The Kier molecular flexibility index (Phi) is 7.66. The lowest BCUT2D eigenvalue weighted by Crippen LogP contribution is -2.45. The van der Waals surface area contributed by atoms with Crippen LogP contribution < -0.4 is 10.6 Å². The van der Waals surface area contributed by atoms with E-state index in [4.69, 9.17) is 11.6 Å². The first-order valence-electron chi connectivity index (χ1n) is 11.5. The molecule has 32 heavy (non-hydrogen) atoms. The molecule has 0 spiro atoms. The fourth-order valence-electron chi connectivity index (χ4n) is 4.64. The number of para-hydroxylation sites is 1. The molecule has 0 unspecified atom stereocenters. The number of amides is 3. The molecule has 2 saturated heterocycles. The highest BCUT2D eigenvalue weighted by Crippen LogP contribution is 2.30. The molecule has 2 heterocycles. The molecule has 2 aromatic rings. The number of rotatable bonds is 6. The highest BCUT2D eigenvalue weighted by molar-refractivity contribution is 6.31. The molecular weight excluding hydrogens is 424 g/mol. The van der Waals surface area contributed by atoms with Crippen molar-refractivity contribution in [1.82, 2.24) is 15.1 Å². The van der Waals surface area contributed by atoms with Crippen LogP contribution in [0.2, 0.25) is 5.02 Å². The Bertz CT molecular complexity index is 909. The van der Waals surface area contributed by atoms with E-state index < -0.39 is 0 Å². The summed E-state index contributed by atoms with van der Waals surface area (Å²) in [7, 11) is 0. The van der Waals surface area contributed by atoms with Crippen LogP contribution in [0.1, 0.15) is 37.3 Å². The lowest BCUT2D eigenvalue weighted by Gasteiger charge is -2.33. The first-order valence-corrected chi connectivity index (χ1v) is 11.9. The predicted molar refractivity (Wildman–Crippen MR) is 128 cm³/mol. The van der Waals surface area contributed by atoms with Crippen LogP contribution in [0.25, 0.3) is 0 Å². The number of nitrogens with one attached hydrogen (secondary N) is 2. The standard InChI is InChI=1S/C25H31ClN4O2/c26-22-11-5-4-10-21(22)23(29-14-6-7-15-29)18-27-24(31)19-12-16-30(17-13-19)25(32)28-20-8-2-1-3-9-20/h1-5,8-11,19,23H,6-7,12-18H2,(H,27,31)(H,28,32)/t23-/m0/s1. The summed E-state index contributed by atoms with van der Waals surface area (Å²) in [5, 5.41) is 6.85. The first-order chi connectivity index (χ1) is 15.6. The Labute approximate surface area is 194 Å². The number of urea groups is 1. The molecule has 0 aromatic heterocycles. The van der Waals surface area contributed by atoms with E-state index in [0.29, 0.717) is 32.5 Å². The SMILES string of the molecule is O=C(NC[C@@H](c1ccccc1Cl)N1CCCC1)C1CCN(C(=O)Nc2ccccc2)CC1. The van der Waals surface area contributed by atoms with Crippen LogP contribution in [0.4, 0.5) is 10.5 Å². The van der Waals surface area contributed by atoms with Crippen LogP contribution in [0.5, 0.6) is 0 Å². The summed E-state index contributed by atoms with van der Waals surface area (Å²) >= 11 is 6.48. The molecule has 2 aliphatic heterocycles. The Balaban J connectivity index is 1.29. The maximum absolute atomic E-state index is 12.9. The van der Waals surface area contributed by atoms with Crippen molar-refractivity contribution in [3.63, 3.8) is 0 Å². The number of hydrogen-bond acceptors (Lipinski definition) is 3. The second kappa shape index (κ2) is 10.8. The van der Waals surface area contributed by atoms with E-state index in [1.165, 1.54) is 12.8 Å². The van der Waals surface area contributed by atoms with Gasteiger partial charge in [-0.25, -0.2) is 4.79 Å². The minimum Gasteiger partial charge on any atom is -0.354 e. The number of carbonyl (C=O) groups excluding carboxylic acids is 2. The van der Waals surface area contributed by atoms with E-state index >= 15 is 0 Å². The van der Waals surface area contributed by atoms with Crippen LogP contribution >= 0.6 is 11.6 Å². The van der Waals surface area contributed by atoms with Crippen molar-refractivity contribution < 1.29 is 9.59 Å². The van der Waals surface area contributed by atoms with E-state index in [1.807, 2.05) is 48.5 Å². The van der Waals surface area contributed by atoms with E-state index in [0.717, 1.165) is 29.4 Å². The third-order valence-electron chi connectivity index (χ3n) is 6.49. The lowest BCUT2D eigenvalue weighted by atomic mass is 9.95. The Morgan fingerprint density at radius 3 is 2.28 bits per heavy atom. The third-order valence-corrected chi connectivity index (χ3v) is 6.84. The molecule has 2 N–H and O–H groups in total. The molecule has 0 bridgehead atoms. The average Bonchev–Trinajstić information content (AvgIpc) is 3.35. The second-order valence-corrected chi connectivity index (χ2v) is 8.99. The van der Waals surface area contributed by atoms with Gasteiger partial charge in [0.15, 0.2) is 0 Å². The van der Waals surface area contributed by atoms with Crippen LogP contribution in [-0.4, -0.2) is 54.5 Å². The summed E-state index contributed by atoms with van der Waals surface area (Å²) in [6, 6.07) is 17.3. The van der Waals surface area contributed by atoms with Crippen molar-refractivity contribution >= 4 is 29.2 Å². The number of piperidine rings is 1. The van der Waals surface area contributed by atoms with Crippen molar-refractivity contribution in [3.05, 3.63) is 65.2 Å². The molecule has 1 atom stereocenters. The van der Waals surface area contributed by atoms with Gasteiger partial charge in [-0.05, 0) is 62.5 Å². The molecule has 0 radical (unpaired) electrons. The number of carbonyl (C=O) groups is 2. The number of likely N-dealkylation sites (tertiary alicyclic amines) is 2. The largest absolute Gasteiger partial charge is 0.354 e. The number of nitrogens with zero attached hydrogens (tertiary/aromatic N) is 2. The van der Waals surface area contributed by atoms with Gasteiger partial charge in [0.25, 0.3) is 0 Å². The number of benzene rings is 2. The van der Waals surface area contributed by atoms with Crippen molar-refractivity contribution in [2.45, 2.75) is 31.7 Å². The Hall–Kier alpha value is -2.57. The van der Waals surface area contributed by atoms with Gasteiger partial charge >= 0.3 is 6.03 Å². The van der Waals surface area contributed by atoms with E-state index in [1.54, 1.807) is 4.90 Å². The topological polar surface area (TPSA) is 64.7 Å². The van der Waals surface area contributed by atoms with Crippen molar-refractivity contribution in [3.8, 4) is 0 Å². The highest BCUT2D eigenvalue weighted by Gasteiger charge is 2.30. The molecule has 3 amide bonds. The molecule has 2 aromatic carbocycles. The van der Waals surface area contributed by atoms with Crippen LogP contribution in [0.3, 0.4) is 0 Å². The van der Waals surface area contributed by atoms with Gasteiger partial charge in [-0.2, -0.15) is 0 Å². The van der Waals surface area contributed by atoms with Gasteiger partial charge in [-0.3, -0.25) is 9.69 Å². The van der Waals surface area contributed by atoms with E-state index in [9.17, 15) is 9.59 Å². The molecule has 0 aliphatic carbocycles. The highest BCUT2D eigenvalue weighted by atomic mass is 35.5. The zero-order chi connectivity index (χ0) is 22.3.